The summed E-state index contributed by atoms with van der Waals surface area (Å²) in [4.78, 5) is 32.2. The average Bonchev–Trinajstić information content (AvgIpc) is 3.59. The first-order chi connectivity index (χ1) is 17.9. The van der Waals surface area contributed by atoms with E-state index in [4.69, 9.17) is 11.6 Å². The Kier molecular flexibility index (Phi) is 6.13. The van der Waals surface area contributed by atoms with Crippen molar-refractivity contribution in [2.24, 2.45) is 5.92 Å². The Balaban J connectivity index is 1.35. The number of halogens is 2. The molecule has 1 unspecified atom stereocenters. The number of aromatic amines is 1. The third-order valence-electron chi connectivity index (χ3n) is 7.78. The lowest BCUT2D eigenvalue weighted by Crippen LogP contribution is -2.33. The summed E-state index contributed by atoms with van der Waals surface area (Å²) >= 11 is 6.05. The van der Waals surface area contributed by atoms with E-state index in [0.29, 0.717) is 51.6 Å². The Bertz CT molecular complexity index is 1450. The van der Waals surface area contributed by atoms with Crippen molar-refractivity contribution >= 4 is 46.4 Å². The van der Waals surface area contributed by atoms with E-state index >= 15 is 0 Å². The number of amides is 1. The molecule has 0 saturated carbocycles. The summed E-state index contributed by atoms with van der Waals surface area (Å²) in [5.74, 6) is -0.0444. The molecule has 2 aromatic carbocycles. The van der Waals surface area contributed by atoms with Gasteiger partial charge in [-0.15, -0.1) is 0 Å². The molecular formula is C29H28ClFN4O2. The van der Waals surface area contributed by atoms with Crippen LogP contribution in [-0.4, -0.2) is 47.8 Å². The number of fused-ring (bicyclic) bond motifs is 2. The molecule has 1 atom stereocenters. The molecule has 6 nitrogen and oxygen atoms in total. The van der Waals surface area contributed by atoms with Gasteiger partial charge in [-0.2, -0.15) is 0 Å². The zero-order chi connectivity index (χ0) is 25.7. The fourth-order valence-corrected chi connectivity index (χ4v) is 5.94. The maximum absolute atomic E-state index is 15.0. The number of carbonyl (C=O) groups excluding carboxylic acids is 2. The highest BCUT2D eigenvalue weighted by Crippen LogP contribution is 2.42. The molecule has 8 heteroatoms. The minimum atomic E-state index is -0.530. The monoisotopic (exact) mass is 518 g/mol. The summed E-state index contributed by atoms with van der Waals surface area (Å²) in [5, 5.41) is 6.31. The third-order valence-corrected chi connectivity index (χ3v) is 8.07. The molecule has 0 radical (unpaired) electrons. The van der Waals surface area contributed by atoms with Crippen LogP contribution in [0.1, 0.15) is 46.4 Å². The number of benzene rings is 2. The second kappa shape index (κ2) is 9.47. The molecule has 1 fully saturated rings. The molecule has 37 heavy (non-hydrogen) atoms. The van der Waals surface area contributed by atoms with Crippen LogP contribution in [0, 0.1) is 18.7 Å². The van der Waals surface area contributed by atoms with Gasteiger partial charge in [0.1, 0.15) is 11.6 Å². The van der Waals surface area contributed by atoms with E-state index in [-0.39, 0.29) is 22.6 Å². The number of nitrogens with zero attached hydrogens (tertiary/aromatic N) is 1. The molecule has 1 saturated heterocycles. The van der Waals surface area contributed by atoms with Crippen LogP contribution >= 0.6 is 11.6 Å². The topological polar surface area (TPSA) is 77.2 Å². The van der Waals surface area contributed by atoms with Gasteiger partial charge in [0.15, 0.2) is 5.78 Å². The van der Waals surface area contributed by atoms with E-state index in [1.165, 1.54) is 18.9 Å². The fourth-order valence-electron chi connectivity index (χ4n) is 5.77. The lowest BCUT2D eigenvalue weighted by Gasteiger charge is -2.25. The SMILES string of the molecule is Cc1c(/C=C2\C(=O)Nc3cccc(-c4cccc(Cl)c4F)c32)[nH]c2c1C(=O)C(CCN1CCCC1)CN2. The Morgan fingerprint density at radius 2 is 1.84 bits per heavy atom. The van der Waals surface area contributed by atoms with Gasteiger partial charge in [0.2, 0.25) is 0 Å². The highest BCUT2D eigenvalue weighted by Gasteiger charge is 2.33. The molecule has 0 aliphatic carbocycles. The molecule has 190 valence electrons. The lowest BCUT2D eigenvalue weighted by atomic mass is 9.89. The molecule has 1 aromatic heterocycles. The van der Waals surface area contributed by atoms with E-state index in [1.807, 2.05) is 6.92 Å². The first kappa shape index (κ1) is 23.9. The molecular weight excluding hydrogens is 491 g/mol. The largest absolute Gasteiger partial charge is 0.370 e. The van der Waals surface area contributed by atoms with Crippen LogP contribution in [0.3, 0.4) is 0 Å². The zero-order valence-electron chi connectivity index (χ0n) is 20.6. The molecule has 6 rings (SSSR count). The van der Waals surface area contributed by atoms with Gasteiger partial charge in [0.25, 0.3) is 5.91 Å². The summed E-state index contributed by atoms with van der Waals surface area (Å²) in [5.41, 5.74) is 4.69. The normalized spacial score (nSPS) is 20.2. The van der Waals surface area contributed by atoms with Gasteiger partial charge in [0.05, 0.1) is 16.2 Å². The van der Waals surface area contributed by atoms with Crippen molar-refractivity contribution in [2.45, 2.75) is 26.2 Å². The van der Waals surface area contributed by atoms with Crippen molar-refractivity contribution < 1.29 is 14.0 Å². The van der Waals surface area contributed by atoms with E-state index in [2.05, 4.69) is 20.5 Å². The average molecular weight is 519 g/mol. The summed E-state index contributed by atoms with van der Waals surface area (Å²) in [6.07, 6.45) is 5.06. The Morgan fingerprint density at radius 3 is 2.65 bits per heavy atom. The molecule has 3 aromatic rings. The number of ketones is 1. The number of Topliss-reactive ketones (excluding diaryl/α,β-unsaturated/α-hetero) is 1. The van der Waals surface area contributed by atoms with E-state index < -0.39 is 5.82 Å². The molecule has 3 aliphatic heterocycles. The molecule has 3 aliphatic rings. The zero-order valence-corrected chi connectivity index (χ0v) is 21.3. The fraction of sp³-hybridized carbons (Fsp3) is 0.310. The second-order valence-corrected chi connectivity index (χ2v) is 10.4. The Hall–Kier alpha value is -3.42. The molecule has 0 bridgehead atoms. The number of nitrogens with one attached hydrogen (secondary N) is 3. The quantitative estimate of drug-likeness (QED) is 0.363. The number of hydrogen-bond donors (Lipinski definition) is 3. The summed E-state index contributed by atoms with van der Waals surface area (Å²) in [6.45, 7) is 5.67. The highest BCUT2D eigenvalue weighted by atomic mass is 35.5. The molecule has 4 heterocycles. The van der Waals surface area contributed by atoms with Gasteiger partial charge in [-0.1, -0.05) is 35.9 Å². The summed E-state index contributed by atoms with van der Waals surface area (Å²) in [6, 6.07) is 10.2. The maximum Gasteiger partial charge on any atom is 0.256 e. The number of rotatable bonds is 5. The second-order valence-electron chi connectivity index (χ2n) is 10.0. The predicted molar refractivity (Wildman–Crippen MR) is 145 cm³/mol. The smallest absolute Gasteiger partial charge is 0.256 e. The van der Waals surface area contributed by atoms with Crippen molar-refractivity contribution in [2.75, 3.05) is 36.8 Å². The minimum absolute atomic E-state index is 0.0228. The van der Waals surface area contributed by atoms with E-state index in [0.717, 1.165) is 31.6 Å². The summed E-state index contributed by atoms with van der Waals surface area (Å²) in [7, 11) is 0. The van der Waals surface area contributed by atoms with Crippen LogP contribution in [0.15, 0.2) is 36.4 Å². The first-order valence-corrected chi connectivity index (χ1v) is 13.1. The number of aromatic nitrogens is 1. The lowest BCUT2D eigenvalue weighted by molar-refractivity contribution is -0.110. The van der Waals surface area contributed by atoms with Crippen molar-refractivity contribution in [3.63, 3.8) is 0 Å². The van der Waals surface area contributed by atoms with Gasteiger partial charge in [-0.3, -0.25) is 9.59 Å². The maximum atomic E-state index is 15.0. The van der Waals surface area contributed by atoms with Gasteiger partial charge in [0, 0.05) is 35.0 Å². The van der Waals surface area contributed by atoms with Crippen LogP contribution in [0.5, 0.6) is 0 Å². The van der Waals surface area contributed by atoms with Gasteiger partial charge >= 0.3 is 0 Å². The van der Waals surface area contributed by atoms with E-state index in [1.54, 1.807) is 36.4 Å². The number of carbonyl (C=O) groups is 2. The first-order valence-electron chi connectivity index (χ1n) is 12.8. The summed E-state index contributed by atoms with van der Waals surface area (Å²) < 4.78 is 15.0. The van der Waals surface area contributed by atoms with Gasteiger partial charge in [-0.25, -0.2) is 4.39 Å². The number of likely N-dealkylation sites (tertiary alicyclic amines) is 1. The minimum Gasteiger partial charge on any atom is -0.370 e. The van der Waals surface area contributed by atoms with Crippen LogP contribution in [0.25, 0.3) is 22.8 Å². The third kappa shape index (κ3) is 4.16. The van der Waals surface area contributed by atoms with Crippen molar-refractivity contribution in [3.8, 4) is 11.1 Å². The molecule has 1 amide bonds. The van der Waals surface area contributed by atoms with Gasteiger partial charge in [-0.05, 0) is 75.2 Å². The number of H-pyrrole nitrogens is 1. The van der Waals surface area contributed by atoms with Crippen molar-refractivity contribution in [1.82, 2.24) is 9.88 Å². The van der Waals surface area contributed by atoms with Crippen LogP contribution < -0.4 is 10.6 Å². The van der Waals surface area contributed by atoms with Crippen LogP contribution in [-0.2, 0) is 4.79 Å². The highest BCUT2D eigenvalue weighted by molar-refractivity contribution is 6.36. The Labute approximate surface area is 219 Å². The van der Waals surface area contributed by atoms with Crippen LogP contribution in [0.2, 0.25) is 5.02 Å². The Morgan fingerprint density at radius 1 is 1.08 bits per heavy atom. The molecule has 0 spiro atoms. The van der Waals surface area contributed by atoms with E-state index in [9.17, 15) is 14.0 Å². The van der Waals surface area contributed by atoms with Crippen molar-refractivity contribution in [3.05, 3.63) is 69.6 Å². The van der Waals surface area contributed by atoms with Gasteiger partial charge < -0.3 is 20.5 Å². The predicted octanol–water partition coefficient (Wildman–Crippen LogP) is 5.99. The van der Waals surface area contributed by atoms with Crippen molar-refractivity contribution in [1.29, 1.82) is 0 Å². The standard InChI is InChI=1S/C29H28ClFN4O2/c1-16-23(33-28-24(16)27(36)17(15-32-28)10-13-35-11-2-3-12-35)14-20-25-18(6-5-9-22(25)34-29(20)37)19-7-4-8-21(30)26(19)31/h4-9,14,17,32-33H,2-3,10-13,15H2,1H3,(H,34,37)/b20-14-. The number of hydrogen-bond acceptors (Lipinski definition) is 4. The molecule has 3 N–H and O–H groups in total. The van der Waals surface area contributed by atoms with Crippen LogP contribution in [0.4, 0.5) is 15.9 Å². The number of anilines is 2.